The van der Waals surface area contributed by atoms with Crippen LogP contribution in [-0.2, 0) is 11.2 Å². The number of unbranched alkanes of at least 4 members (excludes halogenated alkanes) is 1. The van der Waals surface area contributed by atoms with Gasteiger partial charge in [0.15, 0.2) is 0 Å². The van der Waals surface area contributed by atoms with Crippen molar-refractivity contribution in [1.82, 2.24) is 5.32 Å². The fraction of sp³-hybridized carbons (Fsp3) is 0.571. The lowest BCUT2D eigenvalue weighted by Crippen LogP contribution is -2.30. The number of rotatable bonds is 8. The topological polar surface area (TPSA) is 21.3 Å². The van der Waals surface area contributed by atoms with E-state index in [1.54, 1.807) is 7.11 Å². The largest absolute Gasteiger partial charge is 0.383 e. The molecule has 1 aromatic carbocycles. The third-order valence-electron chi connectivity index (χ3n) is 2.64. The van der Waals surface area contributed by atoms with E-state index in [9.17, 15) is 0 Å². The minimum absolute atomic E-state index is 0.460. The number of benzene rings is 1. The first-order valence-corrected chi connectivity index (χ1v) is 6.09. The molecule has 1 atom stereocenters. The van der Waals surface area contributed by atoms with Crippen LogP contribution in [0.15, 0.2) is 30.3 Å². The number of aryl methyl sites for hydroxylation is 1. The van der Waals surface area contributed by atoms with E-state index >= 15 is 0 Å². The van der Waals surface area contributed by atoms with Gasteiger partial charge in [0.1, 0.15) is 0 Å². The molecule has 1 unspecified atom stereocenters. The summed E-state index contributed by atoms with van der Waals surface area (Å²) in [5.41, 5.74) is 1.44. The summed E-state index contributed by atoms with van der Waals surface area (Å²) in [6.07, 6.45) is 3.65. The maximum atomic E-state index is 5.07. The lowest BCUT2D eigenvalue weighted by molar-refractivity contribution is 0.172. The van der Waals surface area contributed by atoms with Gasteiger partial charge in [-0.3, -0.25) is 0 Å². The van der Waals surface area contributed by atoms with Crippen LogP contribution in [0.25, 0.3) is 0 Å². The maximum Gasteiger partial charge on any atom is 0.0613 e. The van der Waals surface area contributed by atoms with Gasteiger partial charge in [-0.2, -0.15) is 0 Å². The second-order valence-corrected chi connectivity index (χ2v) is 4.25. The number of methoxy groups -OCH3 is 1. The summed E-state index contributed by atoms with van der Waals surface area (Å²) in [5.74, 6) is 0. The van der Waals surface area contributed by atoms with Gasteiger partial charge < -0.3 is 10.1 Å². The average molecular weight is 221 g/mol. The van der Waals surface area contributed by atoms with Crippen molar-refractivity contribution in [2.45, 2.75) is 32.2 Å². The van der Waals surface area contributed by atoms with Gasteiger partial charge >= 0.3 is 0 Å². The van der Waals surface area contributed by atoms with Crippen LogP contribution in [0.5, 0.6) is 0 Å². The minimum atomic E-state index is 0.460. The summed E-state index contributed by atoms with van der Waals surface area (Å²) in [5, 5.41) is 3.44. The molecule has 0 heterocycles. The molecule has 0 aromatic heterocycles. The van der Waals surface area contributed by atoms with Gasteiger partial charge in [-0.1, -0.05) is 30.3 Å². The molecule has 0 aliphatic heterocycles. The molecule has 0 bridgehead atoms. The molecule has 0 saturated carbocycles. The van der Waals surface area contributed by atoms with Gasteiger partial charge in [0.05, 0.1) is 6.61 Å². The zero-order valence-corrected chi connectivity index (χ0v) is 10.4. The molecule has 0 saturated heterocycles. The molecule has 0 amide bonds. The van der Waals surface area contributed by atoms with Crippen molar-refractivity contribution in [2.24, 2.45) is 0 Å². The van der Waals surface area contributed by atoms with Gasteiger partial charge in [-0.15, -0.1) is 0 Å². The summed E-state index contributed by atoms with van der Waals surface area (Å²) in [4.78, 5) is 0. The van der Waals surface area contributed by atoms with Crippen molar-refractivity contribution >= 4 is 0 Å². The Labute approximate surface area is 99.0 Å². The summed E-state index contributed by atoms with van der Waals surface area (Å²) >= 11 is 0. The third-order valence-corrected chi connectivity index (χ3v) is 2.64. The van der Waals surface area contributed by atoms with Crippen LogP contribution in [0.1, 0.15) is 25.3 Å². The SMILES string of the molecule is COCC(C)NCCCCc1ccccc1. The van der Waals surface area contributed by atoms with Crippen LogP contribution >= 0.6 is 0 Å². The van der Waals surface area contributed by atoms with E-state index in [0.29, 0.717) is 6.04 Å². The van der Waals surface area contributed by atoms with Crippen molar-refractivity contribution in [2.75, 3.05) is 20.3 Å². The molecule has 0 aliphatic rings. The molecule has 90 valence electrons. The first-order valence-electron chi connectivity index (χ1n) is 6.09. The molecule has 1 N–H and O–H groups in total. The molecular formula is C14H23NO. The molecule has 1 aromatic rings. The second-order valence-electron chi connectivity index (χ2n) is 4.25. The van der Waals surface area contributed by atoms with Gasteiger partial charge in [-0.05, 0) is 38.3 Å². The van der Waals surface area contributed by atoms with Crippen LogP contribution in [0.4, 0.5) is 0 Å². The normalized spacial score (nSPS) is 12.6. The van der Waals surface area contributed by atoms with E-state index in [1.807, 2.05) is 0 Å². The molecule has 1 rings (SSSR count). The van der Waals surface area contributed by atoms with Gasteiger partial charge in [0, 0.05) is 13.2 Å². The van der Waals surface area contributed by atoms with Crippen LogP contribution in [0.2, 0.25) is 0 Å². The molecule has 0 aliphatic carbocycles. The quantitative estimate of drug-likeness (QED) is 0.681. The van der Waals surface area contributed by atoms with E-state index < -0.39 is 0 Å². The number of hydrogen-bond acceptors (Lipinski definition) is 2. The van der Waals surface area contributed by atoms with E-state index in [0.717, 1.165) is 13.2 Å². The minimum Gasteiger partial charge on any atom is -0.383 e. The summed E-state index contributed by atoms with van der Waals surface area (Å²) < 4.78 is 5.07. The summed E-state index contributed by atoms with van der Waals surface area (Å²) in [6.45, 7) is 4.02. The molecule has 0 spiro atoms. The van der Waals surface area contributed by atoms with E-state index in [-0.39, 0.29) is 0 Å². The average Bonchev–Trinajstić information content (AvgIpc) is 2.30. The number of nitrogens with one attached hydrogen (secondary N) is 1. The fourth-order valence-corrected chi connectivity index (χ4v) is 1.76. The highest BCUT2D eigenvalue weighted by atomic mass is 16.5. The van der Waals surface area contributed by atoms with Crippen LogP contribution in [0.3, 0.4) is 0 Å². The number of ether oxygens (including phenoxy) is 1. The smallest absolute Gasteiger partial charge is 0.0613 e. The highest BCUT2D eigenvalue weighted by molar-refractivity contribution is 5.14. The fourth-order valence-electron chi connectivity index (χ4n) is 1.76. The number of hydrogen-bond donors (Lipinski definition) is 1. The van der Waals surface area contributed by atoms with Crippen LogP contribution < -0.4 is 5.32 Å². The maximum absolute atomic E-state index is 5.07. The van der Waals surface area contributed by atoms with E-state index in [4.69, 9.17) is 4.74 Å². The Kier molecular flexibility index (Phi) is 6.86. The Morgan fingerprint density at radius 2 is 1.94 bits per heavy atom. The summed E-state index contributed by atoms with van der Waals surface area (Å²) in [6, 6.07) is 11.1. The van der Waals surface area contributed by atoms with Crippen molar-refractivity contribution < 1.29 is 4.74 Å². The van der Waals surface area contributed by atoms with Crippen LogP contribution in [-0.4, -0.2) is 26.3 Å². The lowest BCUT2D eigenvalue weighted by Gasteiger charge is -2.12. The van der Waals surface area contributed by atoms with Crippen molar-refractivity contribution in [3.05, 3.63) is 35.9 Å². The first-order chi connectivity index (χ1) is 7.83. The third kappa shape index (κ3) is 5.89. The highest BCUT2D eigenvalue weighted by Crippen LogP contribution is 2.03. The lowest BCUT2D eigenvalue weighted by atomic mass is 10.1. The monoisotopic (exact) mass is 221 g/mol. The van der Waals surface area contributed by atoms with Gasteiger partial charge in [0.2, 0.25) is 0 Å². The zero-order valence-electron chi connectivity index (χ0n) is 10.4. The van der Waals surface area contributed by atoms with Crippen molar-refractivity contribution in [3.8, 4) is 0 Å². The Hall–Kier alpha value is -0.860. The molecule has 2 nitrogen and oxygen atoms in total. The molecule has 0 radical (unpaired) electrons. The second kappa shape index (κ2) is 8.31. The first kappa shape index (κ1) is 13.2. The summed E-state index contributed by atoms with van der Waals surface area (Å²) in [7, 11) is 1.74. The van der Waals surface area contributed by atoms with Crippen molar-refractivity contribution in [1.29, 1.82) is 0 Å². The predicted octanol–water partition coefficient (Wildman–Crippen LogP) is 2.63. The Bertz CT molecular complexity index is 261. The van der Waals surface area contributed by atoms with Crippen molar-refractivity contribution in [3.63, 3.8) is 0 Å². The molecule has 0 fully saturated rings. The Morgan fingerprint density at radius 3 is 2.62 bits per heavy atom. The van der Waals surface area contributed by atoms with E-state index in [2.05, 4.69) is 42.6 Å². The van der Waals surface area contributed by atoms with E-state index in [1.165, 1.54) is 24.8 Å². The van der Waals surface area contributed by atoms with Crippen LogP contribution in [0, 0.1) is 0 Å². The predicted molar refractivity (Wildman–Crippen MR) is 68.7 cm³/mol. The molecule has 2 heteroatoms. The van der Waals surface area contributed by atoms with Gasteiger partial charge in [-0.25, -0.2) is 0 Å². The molecule has 16 heavy (non-hydrogen) atoms. The Balaban J connectivity index is 2.00. The highest BCUT2D eigenvalue weighted by Gasteiger charge is 1.98. The zero-order chi connectivity index (χ0) is 11.6. The molecular weight excluding hydrogens is 198 g/mol. The Morgan fingerprint density at radius 1 is 1.19 bits per heavy atom. The van der Waals surface area contributed by atoms with Gasteiger partial charge in [0.25, 0.3) is 0 Å². The standard InChI is InChI=1S/C14H23NO/c1-13(12-16-2)15-11-7-6-10-14-8-4-3-5-9-14/h3-5,8-9,13,15H,6-7,10-12H2,1-2H3.